The summed E-state index contributed by atoms with van der Waals surface area (Å²) in [6, 6.07) is 13.4. The van der Waals surface area contributed by atoms with Crippen LogP contribution in [0.2, 0.25) is 0 Å². The number of carbonyl (C=O) groups is 2. The Bertz CT molecular complexity index is 1090. The summed E-state index contributed by atoms with van der Waals surface area (Å²) in [6.45, 7) is 3.54. The highest BCUT2D eigenvalue weighted by Crippen LogP contribution is 2.28. The van der Waals surface area contributed by atoms with E-state index in [4.69, 9.17) is 14.2 Å². The minimum atomic E-state index is -1.18. The summed E-state index contributed by atoms with van der Waals surface area (Å²) >= 11 is 0. The number of alkyl carbamates (subject to hydrolysis) is 1. The van der Waals surface area contributed by atoms with Crippen LogP contribution in [-0.4, -0.2) is 61.7 Å². The van der Waals surface area contributed by atoms with E-state index in [1.165, 1.54) is 7.11 Å². The van der Waals surface area contributed by atoms with Crippen molar-refractivity contribution in [3.8, 4) is 11.5 Å². The highest BCUT2D eigenvalue weighted by molar-refractivity contribution is 5.87. The molecule has 11 nitrogen and oxygen atoms in total. The standard InChI is InChI=1S/C25H31N5O6/c1-17(29-30-24-26-11-12-27-24)14-19-8-9-21(22(15-19)34-2)35-13-10-20(23(31)32)28-25(33)36-16-18-6-4-3-5-7-18/h3-9,15,20H,10-14,16H2,1-2H3,(H,28,33)(H,31,32)(H2,26,27,30)/t20-/m0/s1. The molecule has 0 fully saturated rings. The Hall–Kier alpha value is -4.28. The number of hydrazone groups is 1. The highest BCUT2D eigenvalue weighted by atomic mass is 16.5. The molecule has 0 spiro atoms. The van der Waals surface area contributed by atoms with Gasteiger partial charge in [-0.25, -0.2) is 20.0 Å². The van der Waals surface area contributed by atoms with Gasteiger partial charge in [-0.1, -0.05) is 36.4 Å². The molecule has 3 rings (SSSR count). The average molecular weight is 498 g/mol. The fraction of sp³-hybridized carbons (Fsp3) is 0.360. The van der Waals surface area contributed by atoms with Crippen LogP contribution in [0.1, 0.15) is 24.5 Å². The smallest absolute Gasteiger partial charge is 0.408 e. The van der Waals surface area contributed by atoms with Crippen molar-refractivity contribution in [2.24, 2.45) is 10.1 Å². The zero-order valence-electron chi connectivity index (χ0n) is 20.3. The second-order valence-electron chi connectivity index (χ2n) is 8.01. The van der Waals surface area contributed by atoms with Crippen LogP contribution in [0.4, 0.5) is 4.79 Å². The number of rotatable bonds is 12. The molecular formula is C25H31N5O6. The molecule has 0 saturated heterocycles. The van der Waals surface area contributed by atoms with Gasteiger partial charge in [0.25, 0.3) is 0 Å². The van der Waals surface area contributed by atoms with Crippen LogP contribution >= 0.6 is 0 Å². The molecule has 0 saturated carbocycles. The maximum absolute atomic E-state index is 12.0. The molecule has 1 heterocycles. The molecule has 4 N–H and O–H groups in total. The minimum Gasteiger partial charge on any atom is -0.493 e. The fourth-order valence-corrected chi connectivity index (χ4v) is 3.35. The van der Waals surface area contributed by atoms with Gasteiger partial charge >= 0.3 is 12.1 Å². The molecule has 0 bridgehead atoms. The molecule has 0 aliphatic carbocycles. The van der Waals surface area contributed by atoms with E-state index in [9.17, 15) is 14.7 Å². The van der Waals surface area contributed by atoms with Crippen LogP contribution in [0, 0.1) is 0 Å². The second-order valence-corrected chi connectivity index (χ2v) is 8.01. The summed E-state index contributed by atoms with van der Waals surface area (Å²) in [7, 11) is 1.53. The van der Waals surface area contributed by atoms with Gasteiger partial charge in [0.05, 0.1) is 20.3 Å². The lowest BCUT2D eigenvalue weighted by Gasteiger charge is -2.16. The van der Waals surface area contributed by atoms with Gasteiger partial charge in [0.2, 0.25) is 5.96 Å². The number of hydrogen-bond donors (Lipinski definition) is 4. The van der Waals surface area contributed by atoms with Crippen LogP contribution in [0.5, 0.6) is 11.5 Å². The summed E-state index contributed by atoms with van der Waals surface area (Å²) in [6.07, 6.45) is -0.182. The summed E-state index contributed by atoms with van der Waals surface area (Å²) in [4.78, 5) is 27.8. The predicted octanol–water partition coefficient (Wildman–Crippen LogP) is 2.31. The van der Waals surface area contributed by atoms with Crippen molar-refractivity contribution < 1.29 is 28.9 Å². The Morgan fingerprint density at radius 2 is 1.97 bits per heavy atom. The van der Waals surface area contributed by atoms with Crippen LogP contribution in [0.25, 0.3) is 0 Å². The van der Waals surface area contributed by atoms with Gasteiger partial charge in [0.1, 0.15) is 12.6 Å². The fourth-order valence-electron chi connectivity index (χ4n) is 3.35. The highest BCUT2D eigenvalue weighted by Gasteiger charge is 2.21. The molecule has 36 heavy (non-hydrogen) atoms. The molecule has 0 unspecified atom stereocenters. The van der Waals surface area contributed by atoms with Crippen molar-refractivity contribution in [2.45, 2.75) is 32.4 Å². The molecule has 2 aromatic carbocycles. The molecule has 2 aromatic rings. The number of aliphatic imine (C=N–C) groups is 1. The van der Waals surface area contributed by atoms with Crippen LogP contribution in [-0.2, 0) is 22.6 Å². The molecule has 0 radical (unpaired) electrons. The first-order valence-electron chi connectivity index (χ1n) is 11.5. The number of carboxylic acid groups (broad SMARTS) is 1. The predicted molar refractivity (Wildman–Crippen MR) is 135 cm³/mol. The Labute approximate surface area is 209 Å². The summed E-state index contributed by atoms with van der Waals surface area (Å²) in [5, 5.41) is 19.2. The number of aliphatic carboxylic acids is 1. The number of nitrogens with one attached hydrogen (secondary N) is 3. The Balaban J connectivity index is 1.48. The second kappa shape index (κ2) is 13.6. The van der Waals surface area contributed by atoms with Gasteiger partial charge < -0.3 is 30.0 Å². The van der Waals surface area contributed by atoms with Gasteiger partial charge in [-0.15, -0.1) is 0 Å². The third-order valence-electron chi connectivity index (χ3n) is 5.18. The van der Waals surface area contributed by atoms with E-state index in [1.807, 2.05) is 49.4 Å². The first-order chi connectivity index (χ1) is 17.4. The normalized spacial score (nSPS) is 13.7. The van der Waals surface area contributed by atoms with E-state index in [0.29, 0.717) is 23.9 Å². The molecule has 192 valence electrons. The number of amides is 1. The maximum Gasteiger partial charge on any atom is 0.408 e. The number of guanidine groups is 1. The Kier molecular flexibility index (Phi) is 9.92. The van der Waals surface area contributed by atoms with Crippen LogP contribution in [0.3, 0.4) is 0 Å². The Morgan fingerprint density at radius 3 is 2.67 bits per heavy atom. The molecule has 1 amide bonds. The van der Waals surface area contributed by atoms with Crippen LogP contribution in [0.15, 0.2) is 58.6 Å². The van der Waals surface area contributed by atoms with E-state index in [-0.39, 0.29) is 19.6 Å². The van der Waals surface area contributed by atoms with E-state index in [2.05, 4.69) is 26.2 Å². The van der Waals surface area contributed by atoms with Gasteiger partial charge in [-0.05, 0) is 30.2 Å². The van der Waals surface area contributed by atoms with Crippen molar-refractivity contribution in [2.75, 3.05) is 26.8 Å². The third-order valence-corrected chi connectivity index (χ3v) is 5.18. The molecule has 1 aliphatic rings. The zero-order valence-corrected chi connectivity index (χ0v) is 20.3. The SMILES string of the molecule is COc1cc(CC(C)=NNC2=NCCN2)ccc1OCC[C@H](NC(=O)OCc1ccccc1)C(=O)O. The maximum atomic E-state index is 12.0. The number of hydrogen-bond acceptors (Lipinski definition) is 9. The number of ether oxygens (including phenoxy) is 3. The molecule has 11 heteroatoms. The van der Waals surface area contributed by atoms with Crippen molar-refractivity contribution in [3.63, 3.8) is 0 Å². The number of benzene rings is 2. The van der Waals surface area contributed by atoms with Crippen LogP contribution < -0.4 is 25.5 Å². The first-order valence-corrected chi connectivity index (χ1v) is 11.5. The minimum absolute atomic E-state index is 0.0377. The van der Waals surface area contributed by atoms with Crippen molar-refractivity contribution in [1.29, 1.82) is 0 Å². The van der Waals surface area contributed by atoms with Gasteiger partial charge in [0.15, 0.2) is 11.5 Å². The van der Waals surface area contributed by atoms with E-state index in [1.54, 1.807) is 6.07 Å². The molecule has 1 aliphatic heterocycles. The zero-order chi connectivity index (χ0) is 25.8. The average Bonchev–Trinajstić information content (AvgIpc) is 3.40. The van der Waals surface area contributed by atoms with Crippen molar-refractivity contribution in [1.82, 2.24) is 16.1 Å². The lowest BCUT2D eigenvalue weighted by atomic mass is 10.1. The van der Waals surface area contributed by atoms with E-state index < -0.39 is 18.1 Å². The van der Waals surface area contributed by atoms with E-state index >= 15 is 0 Å². The van der Waals surface area contributed by atoms with Gasteiger partial charge in [0, 0.05) is 25.1 Å². The monoisotopic (exact) mass is 497 g/mol. The summed E-state index contributed by atoms with van der Waals surface area (Å²) in [5.41, 5.74) is 5.53. The van der Waals surface area contributed by atoms with Gasteiger partial charge in [-0.3, -0.25) is 0 Å². The van der Waals surface area contributed by atoms with E-state index in [0.717, 1.165) is 29.9 Å². The van der Waals surface area contributed by atoms with Crippen molar-refractivity contribution >= 4 is 23.7 Å². The summed E-state index contributed by atoms with van der Waals surface area (Å²) < 4.78 is 16.3. The molecule has 1 atom stereocenters. The summed E-state index contributed by atoms with van der Waals surface area (Å²) in [5.74, 6) is 0.459. The number of nitrogens with zero attached hydrogens (tertiary/aromatic N) is 2. The number of carbonyl (C=O) groups excluding carboxylic acids is 1. The lowest BCUT2D eigenvalue weighted by molar-refractivity contribution is -0.139. The topological polar surface area (TPSA) is 143 Å². The third kappa shape index (κ3) is 8.49. The molecule has 0 aromatic heterocycles. The quantitative estimate of drug-likeness (QED) is 0.258. The van der Waals surface area contributed by atoms with Gasteiger partial charge in [-0.2, -0.15) is 5.10 Å². The molecular weight excluding hydrogens is 466 g/mol. The first kappa shape index (κ1) is 26.3. The number of methoxy groups -OCH3 is 1. The Morgan fingerprint density at radius 1 is 1.17 bits per heavy atom. The largest absolute Gasteiger partial charge is 0.493 e. The number of carboxylic acids is 1. The van der Waals surface area contributed by atoms with Crippen molar-refractivity contribution in [3.05, 3.63) is 59.7 Å². The lowest BCUT2D eigenvalue weighted by Crippen LogP contribution is -2.42.